The predicted octanol–water partition coefficient (Wildman–Crippen LogP) is -0.00790. The van der Waals surface area contributed by atoms with Gasteiger partial charge < -0.3 is 9.84 Å². The van der Waals surface area contributed by atoms with Crippen LogP contribution in [-0.4, -0.2) is 71.9 Å². The van der Waals surface area contributed by atoms with Crippen molar-refractivity contribution in [1.82, 2.24) is 0 Å². The molecule has 9 heteroatoms. The molecule has 0 unspecified atom stereocenters. The number of hydrogen-bond donors (Lipinski definition) is 2. The quantitative estimate of drug-likeness (QED) is 0.294. The molecule has 0 heterocycles. The number of aliphatic carboxylic acids is 1. The molecule has 0 aliphatic rings. The van der Waals surface area contributed by atoms with Gasteiger partial charge in [0.15, 0.2) is 0 Å². The van der Waals surface area contributed by atoms with Gasteiger partial charge in [-0.25, -0.2) is 0 Å². The van der Waals surface area contributed by atoms with Gasteiger partial charge in [0.05, 0.1) is 18.6 Å². The first kappa shape index (κ1) is 23.4. The van der Waals surface area contributed by atoms with Crippen LogP contribution in [0.4, 0.5) is 0 Å². The summed E-state index contributed by atoms with van der Waals surface area (Å²) < 4.78 is 31.9. The number of rotatable bonds is 7. The second-order valence-corrected chi connectivity index (χ2v) is 4.40. The molecule has 0 aromatic carbocycles. The van der Waals surface area contributed by atoms with E-state index in [9.17, 15) is 18.0 Å². The monoisotopic (exact) mass is 304 g/mol. The van der Waals surface area contributed by atoms with E-state index in [1.807, 2.05) is 0 Å². The number of carbonyl (C=O) groups excluding carboxylic acids is 1. The van der Waals surface area contributed by atoms with Gasteiger partial charge in [0.1, 0.15) is 6.61 Å². The summed E-state index contributed by atoms with van der Waals surface area (Å²) in [7, 11) is -3.79. The fraction of sp³-hybridized carbons (Fsp3) is 0.400. The molecule has 0 bridgehead atoms. The number of carbonyl (C=O) groups is 2. The summed E-state index contributed by atoms with van der Waals surface area (Å²) in [6.07, 6.45) is 2.28. The summed E-state index contributed by atoms with van der Waals surface area (Å²) in [5, 5.41) is 8.16. The molecule has 0 aliphatic heterocycles. The third-order valence-corrected chi connectivity index (χ3v) is 1.89. The molecule has 19 heavy (non-hydrogen) atoms. The summed E-state index contributed by atoms with van der Waals surface area (Å²) in [4.78, 5) is 20.5. The van der Waals surface area contributed by atoms with Gasteiger partial charge in [0.25, 0.3) is 10.1 Å². The number of ether oxygens (including phenoxy) is 1. The van der Waals surface area contributed by atoms with Crippen LogP contribution in [0.5, 0.6) is 0 Å². The Hall–Kier alpha value is -0.670. The van der Waals surface area contributed by atoms with E-state index in [-0.39, 0.29) is 54.8 Å². The van der Waals surface area contributed by atoms with Crippen LogP contribution < -0.4 is 0 Å². The van der Waals surface area contributed by atoms with Crippen molar-refractivity contribution in [3.8, 4) is 0 Å². The van der Waals surface area contributed by atoms with Gasteiger partial charge in [-0.05, 0) is 0 Å². The molecule has 106 valence electrons. The summed E-state index contributed by atoms with van der Waals surface area (Å²) in [6.45, 7) is 6.58. The van der Waals surface area contributed by atoms with Crippen LogP contribution >= 0.6 is 0 Å². The molecule has 0 aliphatic carbocycles. The Labute approximate surface area is 134 Å². The van der Waals surface area contributed by atoms with E-state index in [4.69, 9.17) is 9.66 Å². The van der Waals surface area contributed by atoms with E-state index < -0.39 is 22.1 Å². The maximum absolute atomic E-state index is 10.6. The Bertz CT molecular complexity index is 389. The third-order valence-electron chi connectivity index (χ3n) is 1.23. The molecule has 0 aromatic heterocycles. The molecular formula is C10H17NaO7S. The van der Waals surface area contributed by atoms with Gasteiger partial charge in [-0.2, -0.15) is 8.42 Å². The van der Waals surface area contributed by atoms with Gasteiger partial charge in [-0.3, -0.25) is 14.1 Å². The fourth-order valence-corrected chi connectivity index (χ4v) is 0.880. The Morgan fingerprint density at radius 2 is 1.68 bits per heavy atom. The van der Waals surface area contributed by atoms with Crippen molar-refractivity contribution in [3.05, 3.63) is 25.3 Å². The van der Waals surface area contributed by atoms with Crippen LogP contribution in [-0.2, 0) is 24.4 Å². The second-order valence-electron chi connectivity index (χ2n) is 2.90. The molecule has 0 saturated heterocycles. The molecule has 2 N–H and O–H groups in total. The van der Waals surface area contributed by atoms with E-state index in [1.165, 1.54) is 6.08 Å². The van der Waals surface area contributed by atoms with Crippen LogP contribution in [0.3, 0.4) is 0 Å². The van der Waals surface area contributed by atoms with E-state index in [0.717, 1.165) is 6.08 Å². The van der Waals surface area contributed by atoms with Crippen LogP contribution in [0.15, 0.2) is 25.3 Å². The van der Waals surface area contributed by atoms with Crippen molar-refractivity contribution in [1.29, 1.82) is 0 Å². The van der Waals surface area contributed by atoms with Gasteiger partial charge in [-0.15, -0.1) is 6.58 Å². The van der Waals surface area contributed by atoms with Crippen LogP contribution in [0.2, 0.25) is 0 Å². The zero-order valence-corrected chi connectivity index (χ0v) is 10.6. The minimum absolute atomic E-state index is 0. The molecule has 0 radical (unpaired) electrons. The van der Waals surface area contributed by atoms with E-state index in [0.29, 0.717) is 0 Å². The zero-order valence-electron chi connectivity index (χ0n) is 9.74. The van der Waals surface area contributed by atoms with Gasteiger partial charge >= 0.3 is 41.5 Å². The van der Waals surface area contributed by atoms with Gasteiger partial charge in [-0.1, -0.05) is 18.7 Å². The first-order valence-corrected chi connectivity index (χ1v) is 6.38. The maximum atomic E-state index is 10.6. The van der Waals surface area contributed by atoms with Crippen molar-refractivity contribution in [2.45, 2.75) is 12.8 Å². The molecular weight excluding hydrogens is 287 g/mol. The Morgan fingerprint density at radius 1 is 1.16 bits per heavy atom. The molecule has 0 rings (SSSR count). The van der Waals surface area contributed by atoms with E-state index in [2.05, 4.69) is 17.9 Å². The summed E-state index contributed by atoms with van der Waals surface area (Å²) >= 11 is 0. The van der Waals surface area contributed by atoms with E-state index in [1.54, 1.807) is 0 Å². The average Bonchev–Trinajstić information content (AvgIpc) is 2.22. The SMILES string of the molecule is C=CCOC(=O)CCC(=O)O.C=CCS(=O)(=O)O.[NaH]. The number of carboxylic acids is 1. The molecule has 7 nitrogen and oxygen atoms in total. The molecule has 0 spiro atoms. The van der Waals surface area contributed by atoms with Crippen LogP contribution in [0.1, 0.15) is 12.8 Å². The molecule has 0 saturated carbocycles. The molecule has 0 fully saturated rings. The van der Waals surface area contributed by atoms with Crippen molar-refractivity contribution in [3.63, 3.8) is 0 Å². The number of esters is 1. The Balaban J connectivity index is -0.000000280. The van der Waals surface area contributed by atoms with Crippen molar-refractivity contribution >= 4 is 51.6 Å². The third kappa shape index (κ3) is 26.8. The molecule has 0 aromatic rings. The second kappa shape index (κ2) is 13.8. The van der Waals surface area contributed by atoms with Gasteiger partial charge in [0, 0.05) is 0 Å². The van der Waals surface area contributed by atoms with Crippen molar-refractivity contribution in [2.75, 3.05) is 12.4 Å². The van der Waals surface area contributed by atoms with Crippen LogP contribution in [0, 0.1) is 0 Å². The molecule has 0 amide bonds. The first-order valence-electron chi connectivity index (χ1n) is 4.77. The first-order chi connectivity index (χ1) is 8.22. The average molecular weight is 304 g/mol. The topological polar surface area (TPSA) is 118 Å². The predicted molar refractivity (Wildman–Crippen MR) is 71.8 cm³/mol. The standard InChI is InChI=1S/C7H10O4.C3H6O3S.Na.H/c1-2-5-11-7(10)4-3-6(8)9;1-2-3-7(4,5)6;;/h2H,1,3-5H2,(H,8,9);2H,1,3H2,(H,4,5,6);;. The Kier molecular flexibility index (Phi) is 17.0. The Morgan fingerprint density at radius 3 is 1.95 bits per heavy atom. The normalized spacial score (nSPS) is 9.11. The minimum atomic E-state index is -3.79. The summed E-state index contributed by atoms with van der Waals surface area (Å²) in [6, 6.07) is 0. The van der Waals surface area contributed by atoms with Gasteiger partial charge in [0.2, 0.25) is 0 Å². The molecule has 0 atom stereocenters. The fourth-order valence-electron chi connectivity index (χ4n) is 0.582. The number of carboxylic acid groups (broad SMARTS) is 1. The van der Waals surface area contributed by atoms with Crippen molar-refractivity contribution < 1.29 is 32.4 Å². The van der Waals surface area contributed by atoms with Crippen molar-refractivity contribution in [2.24, 2.45) is 0 Å². The summed E-state index contributed by atoms with van der Waals surface area (Å²) in [5.74, 6) is -1.87. The van der Waals surface area contributed by atoms with E-state index >= 15 is 0 Å². The zero-order chi connectivity index (χ0) is 14.6. The summed E-state index contributed by atoms with van der Waals surface area (Å²) in [5.41, 5.74) is 0. The van der Waals surface area contributed by atoms with Crippen LogP contribution in [0.25, 0.3) is 0 Å². The number of hydrogen-bond acceptors (Lipinski definition) is 5.